The molecule has 0 radical (unpaired) electrons. The van der Waals surface area contributed by atoms with E-state index in [1.807, 2.05) is 25.1 Å². The summed E-state index contributed by atoms with van der Waals surface area (Å²) in [6.07, 6.45) is 5.32. The van der Waals surface area contributed by atoms with Crippen LogP contribution in [-0.4, -0.2) is 15.9 Å². The number of anilines is 1. The number of aryl methyl sites for hydroxylation is 1. The normalized spacial score (nSPS) is 10.1. The van der Waals surface area contributed by atoms with Gasteiger partial charge in [0.2, 0.25) is 5.91 Å². The Kier molecular flexibility index (Phi) is 4.04. The quantitative estimate of drug-likeness (QED) is 0.948. The first kappa shape index (κ1) is 12.7. The Bertz CT molecular complexity index is 557. The lowest BCUT2D eigenvalue weighted by atomic mass is 10.2. The molecule has 0 aliphatic heterocycles. The highest BCUT2D eigenvalue weighted by Crippen LogP contribution is 2.16. The first-order chi connectivity index (χ1) is 8.65. The Labute approximate surface area is 114 Å². The van der Waals surface area contributed by atoms with E-state index in [2.05, 4.69) is 31.2 Å². The molecule has 2 rings (SSSR count). The van der Waals surface area contributed by atoms with Crippen molar-refractivity contribution in [2.75, 3.05) is 5.32 Å². The van der Waals surface area contributed by atoms with Crippen LogP contribution in [0.2, 0.25) is 0 Å². The molecule has 1 amide bonds. The lowest BCUT2D eigenvalue weighted by Gasteiger charge is -2.07. The lowest BCUT2D eigenvalue weighted by molar-refractivity contribution is -0.115. The Balaban J connectivity index is 2.03. The molecule has 0 saturated carbocycles. The minimum atomic E-state index is -0.0964. The number of amides is 1. The second-order valence-electron chi connectivity index (χ2n) is 3.91. The van der Waals surface area contributed by atoms with E-state index in [1.165, 1.54) is 0 Å². The van der Waals surface area contributed by atoms with Gasteiger partial charge in [0, 0.05) is 23.1 Å². The predicted molar refractivity (Wildman–Crippen MR) is 73.2 cm³/mol. The molecule has 0 atom stereocenters. The van der Waals surface area contributed by atoms with Gasteiger partial charge >= 0.3 is 0 Å². The van der Waals surface area contributed by atoms with Gasteiger partial charge in [-0.05, 0) is 46.1 Å². The van der Waals surface area contributed by atoms with Crippen LogP contribution < -0.4 is 5.32 Å². The molecule has 4 nitrogen and oxygen atoms in total. The Morgan fingerprint density at radius 1 is 1.44 bits per heavy atom. The van der Waals surface area contributed by atoms with Gasteiger partial charge in [0.15, 0.2) is 0 Å². The molecule has 2 heterocycles. The van der Waals surface area contributed by atoms with E-state index in [0.29, 0.717) is 12.2 Å². The fourth-order valence-corrected chi connectivity index (χ4v) is 1.98. The fourth-order valence-electron chi connectivity index (χ4n) is 1.54. The van der Waals surface area contributed by atoms with Gasteiger partial charge in [0.1, 0.15) is 5.82 Å². The van der Waals surface area contributed by atoms with Crippen LogP contribution in [0.4, 0.5) is 5.82 Å². The highest BCUT2D eigenvalue weighted by molar-refractivity contribution is 9.10. The van der Waals surface area contributed by atoms with E-state index in [9.17, 15) is 4.79 Å². The van der Waals surface area contributed by atoms with Crippen molar-refractivity contribution in [1.82, 2.24) is 9.97 Å². The Hall–Kier alpha value is -1.75. The maximum atomic E-state index is 11.8. The van der Waals surface area contributed by atoms with Gasteiger partial charge in [0.25, 0.3) is 0 Å². The first-order valence-corrected chi connectivity index (χ1v) is 6.25. The molecule has 0 aliphatic carbocycles. The molecule has 92 valence electrons. The second kappa shape index (κ2) is 5.73. The molecule has 0 unspecified atom stereocenters. The zero-order chi connectivity index (χ0) is 13.0. The summed E-state index contributed by atoms with van der Waals surface area (Å²) in [4.78, 5) is 20.0. The van der Waals surface area contributed by atoms with Crippen LogP contribution in [0.15, 0.2) is 41.3 Å². The minimum absolute atomic E-state index is 0.0964. The molecule has 1 N–H and O–H groups in total. The zero-order valence-corrected chi connectivity index (χ0v) is 11.4. The summed E-state index contributed by atoms with van der Waals surface area (Å²) in [7, 11) is 0. The third-order valence-electron chi connectivity index (χ3n) is 2.39. The predicted octanol–water partition coefficient (Wildman–Crippen LogP) is 2.73. The fraction of sp³-hybridized carbons (Fsp3) is 0.154. The van der Waals surface area contributed by atoms with Crippen LogP contribution in [0.1, 0.15) is 11.1 Å². The van der Waals surface area contributed by atoms with E-state index in [0.717, 1.165) is 15.6 Å². The van der Waals surface area contributed by atoms with Crippen LogP contribution in [-0.2, 0) is 11.2 Å². The summed E-state index contributed by atoms with van der Waals surface area (Å²) in [6, 6.07) is 5.59. The van der Waals surface area contributed by atoms with Crippen molar-refractivity contribution in [3.05, 3.63) is 52.4 Å². The maximum Gasteiger partial charge on any atom is 0.230 e. The number of carbonyl (C=O) groups is 1. The molecular formula is C13H12BrN3O. The molecule has 18 heavy (non-hydrogen) atoms. The Morgan fingerprint density at radius 2 is 2.28 bits per heavy atom. The highest BCUT2D eigenvalue weighted by atomic mass is 79.9. The summed E-state index contributed by atoms with van der Waals surface area (Å²) >= 11 is 3.33. The van der Waals surface area contributed by atoms with Crippen LogP contribution in [0, 0.1) is 6.92 Å². The monoisotopic (exact) mass is 305 g/mol. The van der Waals surface area contributed by atoms with Crippen LogP contribution in [0.3, 0.4) is 0 Å². The smallest absolute Gasteiger partial charge is 0.230 e. The van der Waals surface area contributed by atoms with E-state index in [1.54, 1.807) is 18.6 Å². The molecule has 0 bridgehead atoms. The molecule has 0 aromatic carbocycles. The summed E-state index contributed by atoms with van der Waals surface area (Å²) in [5.41, 5.74) is 1.80. The Morgan fingerprint density at radius 3 is 2.94 bits per heavy atom. The van der Waals surface area contributed by atoms with Crippen LogP contribution >= 0.6 is 15.9 Å². The number of halogens is 1. The second-order valence-corrected chi connectivity index (χ2v) is 4.82. The van der Waals surface area contributed by atoms with Crippen molar-refractivity contribution < 1.29 is 4.79 Å². The number of nitrogens with one attached hydrogen (secondary N) is 1. The van der Waals surface area contributed by atoms with Crippen molar-refractivity contribution in [2.24, 2.45) is 0 Å². The van der Waals surface area contributed by atoms with Gasteiger partial charge in [0.05, 0.1) is 6.42 Å². The molecule has 0 aliphatic rings. The number of nitrogens with zero attached hydrogens (tertiary/aromatic N) is 2. The number of rotatable bonds is 3. The number of hydrogen-bond donors (Lipinski definition) is 1. The molecule has 0 spiro atoms. The topological polar surface area (TPSA) is 54.9 Å². The van der Waals surface area contributed by atoms with Crippen LogP contribution in [0.25, 0.3) is 0 Å². The van der Waals surface area contributed by atoms with E-state index in [4.69, 9.17) is 0 Å². The zero-order valence-electron chi connectivity index (χ0n) is 9.85. The van der Waals surface area contributed by atoms with E-state index >= 15 is 0 Å². The first-order valence-electron chi connectivity index (χ1n) is 5.46. The number of hydrogen-bond acceptors (Lipinski definition) is 3. The van der Waals surface area contributed by atoms with Gasteiger partial charge in [-0.1, -0.05) is 6.07 Å². The molecule has 0 fully saturated rings. The van der Waals surface area contributed by atoms with E-state index < -0.39 is 0 Å². The minimum Gasteiger partial charge on any atom is -0.310 e. The third-order valence-corrected chi connectivity index (χ3v) is 2.82. The van der Waals surface area contributed by atoms with Gasteiger partial charge < -0.3 is 5.32 Å². The van der Waals surface area contributed by atoms with Gasteiger partial charge in [-0.3, -0.25) is 9.78 Å². The lowest BCUT2D eigenvalue weighted by Crippen LogP contribution is -2.16. The highest BCUT2D eigenvalue weighted by Gasteiger charge is 2.07. The average Bonchev–Trinajstić information content (AvgIpc) is 2.34. The van der Waals surface area contributed by atoms with E-state index in [-0.39, 0.29) is 5.91 Å². The van der Waals surface area contributed by atoms with Crippen molar-refractivity contribution in [1.29, 1.82) is 0 Å². The van der Waals surface area contributed by atoms with Crippen molar-refractivity contribution >= 4 is 27.7 Å². The maximum absolute atomic E-state index is 11.8. The summed E-state index contributed by atoms with van der Waals surface area (Å²) < 4.78 is 0.894. The largest absolute Gasteiger partial charge is 0.310 e. The molecule has 5 heteroatoms. The molecule has 0 saturated heterocycles. The van der Waals surface area contributed by atoms with Crippen molar-refractivity contribution in [3.63, 3.8) is 0 Å². The third kappa shape index (κ3) is 3.37. The van der Waals surface area contributed by atoms with Gasteiger partial charge in [-0.2, -0.15) is 0 Å². The average molecular weight is 306 g/mol. The number of aromatic nitrogens is 2. The van der Waals surface area contributed by atoms with Crippen molar-refractivity contribution in [3.8, 4) is 0 Å². The summed E-state index contributed by atoms with van der Waals surface area (Å²) in [5, 5.41) is 2.79. The van der Waals surface area contributed by atoms with Gasteiger partial charge in [-0.15, -0.1) is 0 Å². The SMILES string of the molecule is Cc1cc(Br)cnc1NC(=O)Cc1cccnc1. The van der Waals surface area contributed by atoms with Gasteiger partial charge in [-0.25, -0.2) is 4.98 Å². The molecular weight excluding hydrogens is 294 g/mol. The number of pyridine rings is 2. The van der Waals surface area contributed by atoms with Crippen LogP contribution in [0.5, 0.6) is 0 Å². The summed E-state index contributed by atoms with van der Waals surface area (Å²) in [5.74, 6) is 0.494. The summed E-state index contributed by atoms with van der Waals surface area (Å²) in [6.45, 7) is 1.90. The number of carbonyl (C=O) groups excluding carboxylic acids is 1. The molecule has 2 aromatic rings. The van der Waals surface area contributed by atoms with Crippen molar-refractivity contribution in [2.45, 2.75) is 13.3 Å². The standard InChI is InChI=1S/C13H12BrN3O/c1-9-5-11(14)8-16-13(9)17-12(18)6-10-3-2-4-15-7-10/h2-5,7-8H,6H2,1H3,(H,16,17,18). The molecule has 2 aromatic heterocycles.